The summed E-state index contributed by atoms with van der Waals surface area (Å²) in [7, 11) is 2.14. The van der Waals surface area contributed by atoms with Crippen molar-refractivity contribution < 1.29 is 0 Å². The topological polar surface area (TPSA) is 40.1 Å². The van der Waals surface area contributed by atoms with Crippen LogP contribution in [0.3, 0.4) is 0 Å². The van der Waals surface area contributed by atoms with Gasteiger partial charge in [-0.25, -0.2) is 9.77 Å². The summed E-state index contributed by atoms with van der Waals surface area (Å²) in [6, 6.07) is 10.1. The predicted octanol–water partition coefficient (Wildman–Crippen LogP) is 1.49. The van der Waals surface area contributed by atoms with Crippen LogP contribution in [0.2, 0.25) is 0 Å². The number of benzene rings is 1. The zero-order chi connectivity index (χ0) is 13.2. The summed E-state index contributed by atoms with van der Waals surface area (Å²) in [5.41, 5.74) is 1.08. The Bertz CT molecular complexity index is 595. The monoisotopic (exact) mass is 275 g/mol. The molecule has 1 aliphatic rings. The van der Waals surface area contributed by atoms with Crippen molar-refractivity contribution in [3.63, 3.8) is 0 Å². The van der Waals surface area contributed by atoms with Gasteiger partial charge in [0.05, 0.1) is 0 Å². The minimum atomic E-state index is 0.656. The van der Waals surface area contributed by atoms with Gasteiger partial charge in [0.1, 0.15) is 0 Å². The molecular weight excluding hydrogens is 258 g/mol. The molecule has 0 saturated carbocycles. The average molecular weight is 275 g/mol. The second-order valence-electron chi connectivity index (χ2n) is 4.79. The van der Waals surface area contributed by atoms with Crippen LogP contribution in [0.5, 0.6) is 0 Å². The van der Waals surface area contributed by atoms with Crippen molar-refractivity contribution in [2.24, 2.45) is 0 Å². The van der Waals surface area contributed by atoms with Gasteiger partial charge in [0.15, 0.2) is 5.82 Å². The molecule has 0 atom stereocenters. The maximum Gasteiger partial charge on any atom is 0.214 e. The lowest BCUT2D eigenvalue weighted by Gasteiger charge is -2.34. The Labute approximate surface area is 117 Å². The van der Waals surface area contributed by atoms with Gasteiger partial charge in [-0.3, -0.25) is 0 Å². The quantitative estimate of drug-likeness (QED) is 0.843. The highest BCUT2D eigenvalue weighted by Gasteiger charge is 2.19. The molecule has 0 radical (unpaired) electrons. The van der Waals surface area contributed by atoms with Gasteiger partial charge in [-0.2, -0.15) is 5.10 Å². The number of hydrogen-bond donors (Lipinski definition) is 1. The van der Waals surface area contributed by atoms with Crippen LogP contribution in [0.1, 0.15) is 0 Å². The van der Waals surface area contributed by atoms with Crippen LogP contribution in [0.4, 0.5) is 0 Å². The number of aromatic amines is 1. The molecule has 0 amide bonds. The fourth-order valence-corrected chi connectivity index (χ4v) is 2.57. The molecule has 0 aliphatic carbocycles. The molecule has 3 rings (SSSR count). The molecule has 0 unspecified atom stereocenters. The van der Waals surface area contributed by atoms with Gasteiger partial charge in [0, 0.05) is 31.7 Å². The highest BCUT2D eigenvalue weighted by atomic mass is 32.1. The zero-order valence-corrected chi connectivity index (χ0v) is 11.7. The second kappa shape index (κ2) is 5.14. The lowest BCUT2D eigenvalue weighted by Crippen LogP contribution is -2.50. The summed E-state index contributed by atoms with van der Waals surface area (Å²) in [4.78, 5) is 2.32. The van der Waals surface area contributed by atoms with Gasteiger partial charge in [-0.15, -0.1) is 0 Å². The fourth-order valence-electron chi connectivity index (χ4n) is 2.32. The Kier molecular flexibility index (Phi) is 3.35. The van der Waals surface area contributed by atoms with E-state index in [1.165, 1.54) is 0 Å². The predicted molar refractivity (Wildman–Crippen MR) is 78.3 cm³/mol. The van der Waals surface area contributed by atoms with Gasteiger partial charge in [0.2, 0.25) is 4.77 Å². The fraction of sp³-hybridized carbons (Fsp3) is 0.385. The van der Waals surface area contributed by atoms with Crippen molar-refractivity contribution in [2.45, 2.75) is 0 Å². The minimum absolute atomic E-state index is 0.656. The van der Waals surface area contributed by atoms with Gasteiger partial charge >= 0.3 is 0 Å². The van der Waals surface area contributed by atoms with E-state index in [0.717, 1.165) is 37.6 Å². The summed E-state index contributed by atoms with van der Waals surface area (Å²) < 4.78 is 2.68. The molecule has 100 valence electrons. The summed E-state index contributed by atoms with van der Waals surface area (Å²) in [6.45, 7) is 4.01. The molecule has 0 bridgehead atoms. The number of nitrogens with zero attached hydrogens (tertiary/aromatic N) is 4. The van der Waals surface area contributed by atoms with Crippen LogP contribution in [-0.2, 0) is 0 Å². The molecule has 1 aliphatic heterocycles. The molecule has 1 saturated heterocycles. The average Bonchev–Trinajstić information content (AvgIpc) is 2.83. The van der Waals surface area contributed by atoms with E-state index in [-0.39, 0.29) is 0 Å². The summed E-state index contributed by atoms with van der Waals surface area (Å²) in [5, 5.41) is 9.53. The largest absolute Gasteiger partial charge is 0.306 e. The third-order valence-electron chi connectivity index (χ3n) is 3.44. The van der Waals surface area contributed by atoms with Crippen molar-refractivity contribution in [2.75, 3.05) is 38.2 Å². The van der Waals surface area contributed by atoms with E-state index in [1.807, 2.05) is 22.9 Å². The first-order valence-electron chi connectivity index (χ1n) is 6.42. The van der Waals surface area contributed by atoms with E-state index < -0.39 is 0 Å². The molecule has 0 spiro atoms. The number of rotatable bonds is 2. The molecule has 1 fully saturated rings. The Balaban J connectivity index is 1.98. The number of likely N-dealkylation sites (N-methyl/N-ethyl adjacent to an activating group) is 1. The normalized spacial score (nSPS) is 16.8. The molecule has 1 N–H and O–H groups in total. The Hall–Kier alpha value is -1.66. The number of piperazine rings is 1. The third kappa shape index (κ3) is 2.41. The third-order valence-corrected chi connectivity index (χ3v) is 3.71. The molecular formula is C13H17N5S. The first kappa shape index (κ1) is 12.4. The maximum absolute atomic E-state index is 5.37. The van der Waals surface area contributed by atoms with Gasteiger partial charge in [-0.05, 0) is 19.3 Å². The lowest BCUT2D eigenvalue weighted by atomic mass is 10.2. The van der Waals surface area contributed by atoms with Crippen LogP contribution in [0.25, 0.3) is 11.4 Å². The summed E-state index contributed by atoms with van der Waals surface area (Å²) in [6.07, 6.45) is 0. The highest BCUT2D eigenvalue weighted by Crippen LogP contribution is 2.17. The van der Waals surface area contributed by atoms with Crippen molar-refractivity contribution >= 4 is 12.2 Å². The molecule has 1 aromatic heterocycles. The SMILES string of the molecule is CN1CCN(n2c(-c3ccccc3)n[nH]c2=S)CC1. The van der Waals surface area contributed by atoms with E-state index in [1.54, 1.807) is 0 Å². The molecule has 5 nitrogen and oxygen atoms in total. The van der Waals surface area contributed by atoms with E-state index in [2.05, 4.69) is 39.3 Å². The van der Waals surface area contributed by atoms with Crippen LogP contribution >= 0.6 is 12.2 Å². The van der Waals surface area contributed by atoms with E-state index >= 15 is 0 Å². The molecule has 6 heteroatoms. The summed E-state index contributed by atoms with van der Waals surface area (Å²) >= 11 is 5.37. The van der Waals surface area contributed by atoms with Crippen molar-refractivity contribution in [3.05, 3.63) is 35.1 Å². The number of H-pyrrole nitrogens is 1. The maximum atomic E-state index is 5.37. The Morgan fingerprint density at radius 2 is 1.79 bits per heavy atom. The molecule has 2 aromatic rings. The van der Waals surface area contributed by atoms with Gasteiger partial charge in [-0.1, -0.05) is 30.3 Å². The number of nitrogens with one attached hydrogen (secondary N) is 1. The Morgan fingerprint density at radius 1 is 1.11 bits per heavy atom. The van der Waals surface area contributed by atoms with E-state index in [4.69, 9.17) is 12.2 Å². The number of hydrogen-bond acceptors (Lipinski definition) is 4. The molecule has 2 heterocycles. The molecule has 19 heavy (non-hydrogen) atoms. The van der Waals surface area contributed by atoms with Gasteiger partial charge in [0.25, 0.3) is 0 Å². The molecule has 1 aromatic carbocycles. The summed E-state index contributed by atoms with van der Waals surface area (Å²) in [5.74, 6) is 0.884. The van der Waals surface area contributed by atoms with Crippen LogP contribution in [0.15, 0.2) is 30.3 Å². The Morgan fingerprint density at radius 3 is 2.47 bits per heavy atom. The first-order chi connectivity index (χ1) is 9.25. The van der Waals surface area contributed by atoms with Crippen LogP contribution in [0, 0.1) is 4.77 Å². The minimum Gasteiger partial charge on any atom is -0.306 e. The zero-order valence-electron chi connectivity index (χ0n) is 10.9. The first-order valence-corrected chi connectivity index (χ1v) is 6.83. The van der Waals surface area contributed by atoms with E-state index in [0.29, 0.717) is 4.77 Å². The number of aromatic nitrogens is 3. The standard InChI is InChI=1S/C13H17N5S/c1-16-7-9-17(10-8-16)18-12(14-15-13(18)19)11-5-3-2-4-6-11/h2-6H,7-10H2,1H3,(H,15,19). The van der Waals surface area contributed by atoms with Crippen LogP contribution < -0.4 is 5.01 Å². The van der Waals surface area contributed by atoms with Crippen molar-refractivity contribution in [1.29, 1.82) is 0 Å². The van der Waals surface area contributed by atoms with E-state index in [9.17, 15) is 0 Å². The lowest BCUT2D eigenvalue weighted by molar-refractivity contribution is 0.287. The van der Waals surface area contributed by atoms with Crippen molar-refractivity contribution in [1.82, 2.24) is 19.8 Å². The van der Waals surface area contributed by atoms with Crippen LogP contribution in [-0.4, -0.2) is 53.0 Å². The smallest absolute Gasteiger partial charge is 0.214 e. The highest BCUT2D eigenvalue weighted by molar-refractivity contribution is 7.71. The van der Waals surface area contributed by atoms with Gasteiger partial charge < -0.3 is 9.91 Å². The second-order valence-corrected chi connectivity index (χ2v) is 5.17. The van der Waals surface area contributed by atoms with Crippen molar-refractivity contribution in [3.8, 4) is 11.4 Å².